The summed E-state index contributed by atoms with van der Waals surface area (Å²) in [6, 6.07) is 12.6. The molecular weight excluding hydrogens is 262 g/mol. The van der Waals surface area contributed by atoms with Crippen LogP contribution in [0.3, 0.4) is 0 Å². The van der Waals surface area contributed by atoms with E-state index in [9.17, 15) is 4.79 Å². The van der Waals surface area contributed by atoms with E-state index in [0.29, 0.717) is 27.1 Å². The number of hydrogen-bond acceptors (Lipinski definition) is 2. The zero-order valence-corrected chi connectivity index (χ0v) is 10.5. The van der Waals surface area contributed by atoms with E-state index < -0.39 is 0 Å². The molecule has 4 heteroatoms. The number of rotatable bonds is 0. The second-order valence-electron chi connectivity index (χ2n) is 4.45. The zero-order chi connectivity index (χ0) is 13.0. The van der Waals surface area contributed by atoms with Crippen molar-refractivity contribution in [2.75, 3.05) is 0 Å². The lowest BCUT2D eigenvalue weighted by Crippen LogP contribution is -2.00. The second-order valence-corrected chi connectivity index (χ2v) is 4.88. The summed E-state index contributed by atoms with van der Waals surface area (Å²) in [7, 11) is 0. The lowest BCUT2D eigenvalue weighted by molar-refractivity contribution is 0.648. The van der Waals surface area contributed by atoms with E-state index in [1.807, 2.05) is 18.2 Å². The van der Waals surface area contributed by atoms with Gasteiger partial charge < -0.3 is 9.40 Å². The van der Waals surface area contributed by atoms with Crippen molar-refractivity contribution in [1.82, 2.24) is 4.98 Å². The van der Waals surface area contributed by atoms with Gasteiger partial charge in [-0.1, -0.05) is 29.8 Å². The van der Waals surface area contributed by atoms with Crippen LogP contribution in [-0.4, -0.2) is 4.98 Å². The Labute approximate surface area is 112 Å². The molecule has 0 saturated carbocycles. The summed E-state index contributed by atoms with van der Waals surface area (Å²) >= 11 is 5.96. The van der Waals surface area contributed by atoms with Crippen molar-refractivity contribution in [3.63, 3.8) is 0 Å². The number of aromatic amines is 1. The van der Waals surface area contributed by atoms with Crippen LogP contribution >= 0.6 is 11.6 Å². The Kier molecular flexibility index (Phi) is 2.03. The number of fused-ring (bicyclic) bond motifs is 4. The van der Waals surface area contributed by atoms with E-state index in [-0.39, 0.29) is 5.43 Å². The Morgan fingerprint density at radius 2 is 1.89 bits per heavy atom. The first-order valence-electron chi connectivity index (χ1n) is 5.87. The molecular formula is C15H8ClNO2. The Morgan fingerprint density at radius 3 is 2.79 bits per heavy atom. The molecule has 19 heavy (non-hydrogen) atoms. The van der Waals surface area contributed by atoms with Gasteiger partial charge in [-0.05, 0) is 24.3 Å². The minimum Gasteiger partial charge on any atom is -0.439 e. The first kappa shape index (κ1) is 10.6. The SMILES string of the molecule is O=c1c2ccccc2oc2[nH]c3cc(Cl)ccc3c12. The molecule has 0 amide bonds. The van der Waals surface area contributed by atoms with Crippen LogP contribution in [0.4, 0.5) is 0 Å². The van der Waals surface area contributed by atoms with Gasteiger partial charge in [0.25, 0.3) is 0 Å². The fraction of sp³-hybridized carbons (Fsp3) is 0. The molecule has 3 nitrogen and oxygen atoms in total. The zero-order valence-electron chi connectivity index (χ0n) is 9.74. The van der Waals surface area contributed by atoms with Gasteiger partial charge in [0.15, 0.2) is 0 Å². The molecule has 0 aliphatic carbocycles. The van der Waals surface area contributed by atoms with E-state index in [2.05, 4.69) is 4.98 Å². The lowest BCUT2D eigenvalue weighted by Gasteiger charge is -1.96. The molecule has 0 saturated heterocycles. The van der Waals surface area contributed by atoms with Gasteiger partial charge in [0.05, 0.1) is 16.3 Å². The second kappa shape index (κ2) is 3.62. The van der Waals surface area contributed by atoms with Gasteiger partial charge in [-0.25, -0.2) is 0 Å². The van der Waals surface area contributed by atoms with Gasteiger partial charge in [-0.3, -0.25) is 4.79 Å². The Balaban J connectivity index is 2.33. The minimum absolute atomic E-state index is 0.0228. The fourth-order valence-electron chi connectivity index (χ4n) is 2.43. The lowest BCUT2D eigenvalue weighted by atomic mass is 10.1. The summed E-state index contributed by atoms with van der Waals surface area (Å²) in [6.07, 6.45) is 0. The van der Waals surface area contributed by atoms with E-state index in [4.69, 9.17) is 16.0 Å². The van der Waals surface area contributed by atoms with Crippen LogP contribution in [0.2, 0.25) is 5.02 Å². The van der Waals surface area contributed by atoms with Crippen LogP contribution < -0.4 is 5.43 Å². The number of H-pyrrole nitrogens is 1. The topological polar surface area (TPSA) is 46.0 Å². The molecule has 0 spiro atoms. The number of nitrogens with one attached hydrogen (secondary N) is 1. The highest BCUT2D eigenvalue weighted by atomic mass is 35.5. The van der Waals surface area contributed by atoms with Crippen molar-refractivity contribution < 1.29 is 4.42 Å². The average Bonchev–Trinajstić information content (AvgIpc) is 2.76. The number of aromatic nitrogens is 1. The third-order valence-corrected chi connectivity index (χ3v) is 3.53. The van der Waals surface area contributed by atoms with E-state index in [0.717, 1.165) is 10.9 Å². The molecule has 0 radical (unpaired) electrons. The fourth-order valence-corrected chi connectivity index (χ4v) is 2.61. The van der Waals surface area contributed by atoms with Crippen LogP contribution in [0.1, 0.15) is 0 Å². The quantitative estimate of drug-likeness (QED) is 0.523. The van der Waals surface area contributed by atoms with Crippen molar-refractivity contribution in [2.24, 2.45) is 0 Å². The van der Waals surface area contributed by atoms with Gasteiger partial charge in [0, 0.05) is 10.4 Å². The predicted molar refractivity (Wildman–Crippen MR) is 76.9 cm³/mol. The maximum atomic E-state index is 12.5. The largest absolute Gasteiger partial charge is 0.439 e. The van der Waals surface area contributed by atoms with Gasteiger partial charge in [0.2, 0.25) is 11.1 Å². The highest BCUT2D eigenvalue weighted by Gasteiger charge is 2.13. The maximum absolute atomic E-state index is 12.5. The Morgan fingerprint density at radius 1 is 1.05 bits per heavy atom. The first-order chi connectivity index (χ1) is 9.24. The third kappa shape index (κ3) is 1.42. The summed E-state index contributed by atoms with van der Waals surface area (Å²) in [5.74, 6) is 0. The van der Waals surface area contributed by atoms with Gasteiger partial charge >= 0.3 is 0 Å². The van der Waals surface area contributed by atoms with E-state index >= 15 is 0 Å². The minimum atomic E-state index is -0.0228. The highest BCUT2D eigenvalue weighted by Crippen LogP contribution is 2.27. The molecule has 2 heterocycles. The number of para-hydroxylation sites is 1. The van der Waals surface area contributed by atoms with Crippen molar-refractivity contribution in [2.45, 2.75) is 0 Å². The van der Waals surface area contributed by atoms with Crippen LogP contribution in [-0.2, 0) is 0 Å². The van der Waals surface area contributed by atoms with Crippen LogP contribution in [0.15, 0.2) is 51.7 Å². The van der Waals surface area contributed by atoms with Crippen LogP contribution in [0.25, 0.3) is 33.0 Å². The van der Waals surface area contributed by atoms with Crippen molar-refractivity contribution >= 4 is 44.6 Å². The normalized spacial score (nSPS) is 11.6. The van der Waals surface area contributed by atoms with Crippen LogP contribution in [0.5, 0.6) is 0 Å². The molecule has 2 aromatic carbocycles. The van der Waals surface area contributed by atoms with Crippen molar-refractivity contribution in [1.29, 1.82) is 0 Å². The third-order valence-electron chi connectivity index (χ3n) is 3.30. The summed E-state index contributed by atoms with van der Waals surface area (Å²) in [5, 5.41) is 2.62. The smallest absolute Gasteiger partial charge is 0.209 e. The first-order valence-corrected chi connectivity index (χ1v) is 6.24. The maximum Gasteiger partial charge on any atom is 0.209 e. The van der Waals surface area contributed by atoms with Crippen molar-refractivity contribution in [3.05, 3.63) is 57.7 Å². The molecule has 0 aliphatic rings. The summed E-state index contributed by atoms with van der Waals surface area (Å²) in [6.45, 7) is 0. The van der Waals surface area contributed by atoms with Gasteiger partial charge in [-0.2, -0.15) is 0 Å². The summed E-state index contributed by atoms with van der Waals surface area (Å²) in [5.41, 5.74) is 1.85. The Hall–Kier alpha value is -2.26. The summed E-state index contributed by atoms with van der Waals surface area (Å²) < 4.78 is 5.75. The van der Waals surface area contributed by atoms with Crippen molar-refractivity contribution in [3.8, 4) is 0 Å². The number of benzene rings is 2. The molecule has 4 rings (SSSR count). The number of hydrogen-bond donors (Lipinski definition) is 1. The molecule has 1 N–H and O–H groups in total. The standard InChI is InChI=1S/C15H8ClNO2/c16-8-5-6-9-11(7-8)17-15-13(9)14(18)10-3-1-2-4-12(10)19-15/h1-7,17H. The predicted octanol–water partition coefficient (Wildman–Crippen LogP) is 4.08. The Bertz CT molecular complexity index is 997. The van der Waals surface area contributed by atoms with Gasteiger partial charge in [0.1, 0.15) is 5.58 Å². The van der Waals surface area contributed by atoms with E-state index in [1.54, 1.807) is 24.3 Å². The molecule has 0 unspecified atom stereocenters. The monoisotopic (exact) mass is 269 g/mol. The molecule has 0 aliphatic heterocycles. The molecule has 0 atom stereocenters. The molecule has 4 aromatic rings. The van der Waals surface area contributed by atoms with E-state index in [1.165, 1.54) is 0 Å². The molecule has 0 fully saturated rings. The average molecular weight is 270 g/mol. The number of halogens is 1. The van der Waals surface area contributed by atoms with Gasteiger partial charge in [-0.15, -0.1) is 0 Å². The molecule has 0 bridgehead atoms. The highest BCUT2D eigenvalue weighted by molar-refractivity contribution is 6.31. The molecule has 92 valence electrons. The summed E-state index contributed by atoms with van der Waals surface area (Å²) in [4.78, 5) is 15.6. The van der Waals surface area contributed by atoms with Crippen LogP contribution in [0, 0.1) is 0 Å². The molecule has 2 aromatic heterocycles.